The van der Waals surface area contributed by atoms with Crippen LogP contribution in [0.2, 0.25) is 0 Å². The molecule has 0 unspecified atom stereocenters. The summed E-state index contributed by atoms with van der Waals surface area (Å²) in [5.41, 5.74) is 1.91. The van der Waals surface area contributed by atoms with Gasteiger partial charge < -0.3 is 15.4 Å². The van der Waals surface area contributed by atoms with Crippen LogP contribution in [0.1, 0.15) is 12.5 Å². The Morgan fingerprint density at radius 3 is 2.33 bits per heavy atom. The number of para-hydroxylation sites is 1. The van der Waals surface area contributed by atoms with E-state index in [0.717, 1.165) is 17.2 Å². The molecule has 0 radical (unpaired) electrons. The maximum absolute atomic E-state index is 12.3. The molecule has 1 atom stereocenters. The zero-order valence-corrected chi connectivity index (χ0v) is 14.8. The van der Waals surface area contributed by atoms with Crippen molar-refractivity contribution in [3.8, 4) is 17.6 Å². The van der Waals surface area contributed by atoms with Crippen LogP contribution in [0, 0.1) is 11.3 Å². The minimum Gasteiger partial charge on any atom is -0.457 e. The SMILES string of the molecule is C[C@@H](Nc1ccc(Oc2ccccc2)cc1)C(=O)Nc1cccc(C#N)c1. The van der Waals surface area contributed by atoms with Crippen molar-refractivity contribution in [1.82, 2.24) is 0 Å². The van der Waals surface area contributed by atoms with Crippen LogP contribution in [-0.4, -0.2) is 11.9 Å². The second-order valence-corrected chi connectivity index (χ2v) is 5.99. The van der Waals surface area contributed by atoms with E-state index in [2.05, 4.69) is 16.7 Å². The number of carbonyl (C=O) groups is 1. The summed E-state index contributed by atoms with van der Waals surface area (Å²) >= 11 is 0. The highest BCUT2D eigenvalue weighted by Gasteiger charge is 2.13. The lowest BCUT2D eigenvalue weighted by molar-refractivity contribution is -0.116. The Hall–Kier alpha value is -3.78. The van der Waals surface area contributed by atoms with Crippen LogP contribution in [0.5, 0.6) is 11.5 Å². The van der Waals surface area contributed by atoms with Gasteiger partial charge in [-0.2, -0.15) is 5.26 Å². The van der Waals surface area contributed by atoms with Crippen LogP contribution in [0.3, 0.4) is 0 Å². The normalized spacial score (nSPS) is 11.1. The van der Waals surface area contributed by atoms with Crippen LogP contribution in [0.25, 0.3) is 0 Å². The third-order valence-corrected chi connectivity index (χ3v) is 3.87. The Balaban J connectivity index is 1.57. The molecule has 134 valence electrons. The Morgan fingerprint density at radius 2 is 1.63 bits per heavy atom. The van der Waals surface area contributed by atoms with E-state index in [-0.39, 0.29) is 5.91 Å². The highest BCUT2D eigenvalue weighted by Crippen LogP contribution is 2.23. The molecule has 27 heavy (non-hydrogen) atoms. The van der Waals surface area contributed by atoms with Gasteiger partial charge in [0.15, 0.2) is 0 Å². The second kappa shape index (κ2) is 8.54. The van der Waals surface area contributed by atoms with Gasteiger partial charge in [-0.25, -0.2) is 0 Å². The van der Waals surface area contributed by atoms with Crippen LogP contribution < -0.4 is 15.4 Å². The first-order valence-electron chi connectivity index (χ1n) is 8.54. The van der Waals surface area contributed by atoms with Gasteiger partial charge in [0, 0.05) is 11.4 Å². The first-order valence-corrected chi connectivity index (χ1v) is 8.54. The van der Waals surface area contributed by atoms with Gasteiger partial charge >= 0.3 is 0 Å². The summed E-state index contributed by atoms with van der Waals surface area (Å²) in [5, 5.41) is 14.9. The molecule has 0 saturated heterocycles. The Morgan fingerprint density at radius 1 is 0.926 bits per heavy atom. The predicted molar refractivity (Wildman–Crippen MR) is 106 cm³/mol. The number of amides is 1. The van der Waals surface area contributed by atoms with Crippen molar-refractivity contribution in [2.75, 3.05) is 10.6 Å². The van der Waals surface area contributed by atoms with Crippen molar-refractivity contribution in [2.45, 2.75) is 13.0 Å². The number of nitriles is 1. The number of nitrogens with zero attached hydrogens (tertiary/aromatic N) is 1. The van der Waals surface area contributed by atoms with Gasteiger partial charge in [0.05, 0.1) is 11.6 Å². The van der Waals surface area contributed by atoms with Gasteiger partial charge in [-0.05, 0) is 61.5 Å². The molecule has 5 heteroatoms. The number of hydrogen-bond acceptors (Lipinski definition) is 4. The molecular weight excluding hydrogens is 338 g/mol. The molecule has 5 nitrogen and oxygen atoms in total. The highest BCUT2D eigenvalue weighted by molar-refractivity contribution is 5.96. The fraction of sp³-hybridized carbons (Fsp3) is 0.0909. The fourth-order valence-electron chi connectivity index (χ4n) is 2.48. The van der Waals surface area contributed by atoms with Crippen LogP contribution in [-0.2, 0) is 4.79 Å². The summed E-state index contributed by atoms with van der Waals surface area (Å²) in [7, 11) is 0. The van der Waals surface area contributed by atoms with E-state index in [1.54, 1.807) is 31.2 Å². The number of nitrogens with one attached hydrogen (secondary N) is 2. The molecule has 0 spiro atoms. The third-order valence-electron chi connectivity index (χ3n) is 3.87. The number of ether oxygens (including phenoxy) is 1. The average Bonchev–Trinajstić information content (AvgIpc) is 2.70. The summed E-state index contributed by atoms with van der Waals surface area (Å²) in [6.45, 7) is 1.78. The van der Waals surface area contributed by atoms with E-state index in [1.807, 2.05) is 54.6 Å². The van der Waals surface area contributed by atoms with Crippen molar-refractivity contribution in [3.05, 3.63) is 84.4 Å². The molecule has 0 saturated carbocycles. The number of hydrogen-bond donors (Lipinski definition) is 2. The smallest absolute Gasteiger partial charge is 0.246 e. The summed E-state index contributed by atoms with van der Waals surface area (Å²) < 4.78 is 5.75. The van der Waals surface area contributed by atoms with Gasteiger partial charge in [-0.3, -0.25) is 4.79 Å². The standard InChI is InChI=1S/C22H19N3O2/c1-16(22(26)25-19-7-5-6-17(14-19)15-23)24-18-10-12-21(13-11-18)27-20-8-3-2-4-9-20/h2-14,16,24H,1H3,(H,25,26)/t16-/m1/s1. The number of anilines is 2. The maximum Gasteiger partial charge on any atom is 0.246 e. The lowest BCUT2D eigenvalue weighted by Crippen LogP contribution is -2.31. The summed E-state index contributed by atoms with van der Waals surface area (Å²) in [6, 6.07) is 25.4. The topological polar surface area (TPSA) is 74.2 Å². The van der Waals surface area contributed by atoms with Crippen molar-refractivity contribution in [3.63, 3.8) is 0 Å². The van der Waals surface area contributed by atoms with Gasteiger partial charge in [0.1, 0.15) is 17.5 Å². The van der Waals surface area contributed by atoms with E-state index in [9.17, 15) is 4.79 Å². The lowest BCUT2D eigenvalue weighted by Gasteiger charge is -2.16. The van der Waals surface area contributed by atoms with E-state index in [1.165, 1.54) is 0 Å². The lowest BCUT2D eigenvalue weighted by atomic mass is 10.2. The minimum atomic E-state index is -0.448. The monoisotopic (exact) mass is 357 g/mol. The number of carbonyl (C=O) groups excluding carboxylic acids is 1. The molecule has 3 rings (SSSR count). The predicted octanol–water partition coefficient (Wildman–Crippen LogP) is 4.79. The third kappa shape index (κ3) is 5.10. The summed E-state index contributed by atoms with van der Waals surface area (Å²) in [5.74, 6) is 1.30. The number of rotatable bonds is 6. The van der Waals surface area contributed by atoms with Gasteiger partial charge in [-0.1, -0.05) is 24.3 Å². The molecular formula is C22H19N3O2. The maximum atomic E-state index is 12.3. The molecule has 0 fully saturated rings. The van der Waals surface area contributed by atoms with Crippen molar-refractivity contribution >= 4 is 17.3 Å². The van der Waals surface area contributed by atoms with Crippen LogP contribution in [0.15, 0.2) is 78.9 Å². The van der Waals surface area contributed by atoms with E-state index < -0.39 is 6.04 Å². The molecule has 1 amide bonds. The van der Waals surface area contributed by atoms with Gasteiger partial charge in [-0.15, -0.1) is 0 Å². The highest BCUT2D eigenvalue weighted by atomic mass is 16.5. The Kier molecular flexibility index (Phi) is 5.70. The first kappa shape index (κ1) is 18.0. The Labute approximate surface area is 158 Å². The summed E-state index contributed by atoms with van der Waals surface area (Å²) in [4.78, 5) is 12.3. The van der Waals surface area contributed by atoms with Crippen molar-refractivity contribution < 1.29 is 9.53 Å². The second-order valence-electron chi connectivity index (χ2n) is 5.99. The van der Waals surface area contributed by atoms with Crippen molar-refractivity contribution in [2.24, 2.45) is 0 Å². The zero-order valence-electron chi connectivity index (χ0n) is 14.8. The Bertz CT molecular complexity index is 947. The van der Waals surface area contributed by atoms with Gasteiger partial charge in [0.2, 0.25) is 5.91 Å². The van der Waals surface area contributed by atoms with Gasteiger partial charge in [0.25, 0.3) is 0 Å². The fourth-order valence-corrected chi connectivity index (χ4v) is 2.48. The molecule has 0 aliphatic carbocycles. The van der Waals surface area contributed by atoms with Crippen molar-refractivity contribution in [1.29, 1.82) is 5.26 Å². The average molecular weight is 357 g/mol. The molecule has 0 bridgehead atoms. The molecule has 0 aliphatic heterocycles. The van der Waals surface area contributed by atoms with Crippen LogP contribution in [0.4, 0.5) is 11.4 Å². The molecule has 0 aliphatic rings. The molecule has 0 aromatic heterocycles. The first-order chi connectivity index (χ1) is 13.1. The van der Waals surface area contributed by atoms with E-state index >= 15 is 0 Å². The number of benzene rings is 3. The van der Waals surface area contributed by atoms with Crippen LogP contribution >= 0.6 is 0 Å². The van der Waals surface area contributed by atoms with E-state index in [4.69, 9.17) is 10.00 Å². The molecule has 3 aromatic carbocycles. The minimum absolute atomic E-state index is 0.185. The quantitative estimate of drug-likeness (QED) is 0.665. The zero-order chi connectivity index (χ0) is 19.1. The molecule has 0 heterocycles. The van der Waals surface area contributed by atoms with E-state index in [0.29, 0.717) is 11.3 Å². The summed E-state index contributed by atoms with van der Waals surface area (Å²) in [6.07, 6.45) is 0. The molecule has 2 N–H and O–H groups in total. The molecule has 3 aromatic rings. The largest absolute Gasteiger partial charge is 0.457 e.